The van der Waals surface area contributed by atoms with Crippen LogP contribution in [0.1, 0.15) is 11.1 Å². The molecule has 1 aromatic rings. The van der Waals surface area contributed by atoms with Crippen LogP contribution < -0.4 is 0 Å². The average molecular weight is 233 g/mol. The fraction of sp³-hybridized carbons (Fsp3) is 0.250. The van der Waals surface area contributed by atoms with Crippen LogP contribution in [-0.4, -0.2) is 29.8 Å². The van der Waals surface area contributed by atoms with Gasteiger partial charge < -0.3 is 4.90 Å². The Kier molecular flexibility index (Phi) is 3.98. The molecule has 0 saturated heterocycles. The van der Waals surface area contributed by atoms with Gasteiger partial charge in [0.15, 0.2) is 0 Å². The van der Waals surface area contributed by atoms with Crippen LogP contribution in [-0.2, 0) is 6.42 Å². The lowest BCUT2D eigenvalue weighted by Gasteiger charge is -2.13. The van der Waals surface area contributed by atoms with Crippen molar-refractivity contribution in [2.75, 3.05) is 14.1 Å². The summed E-state index contributed by atoms with van der Waals surface area (Å²) in [5, 5.41) is 18.4. The average Bonchev–Trinajstić information content (AvgIpc) is 2.28. The molecule has 0 unspecified atom stereocenters. The monoisotopic (exact) mass is 233 g/mol. The zero-order valence-corrected chi connectivity index (χ0v) is 9.93. The minimum Gasteiger partial charge on any atom is -0.366 e. The number of nitro groups is 1. The zero-order chi connectivity index (χ0) is 13.0. The minimum atomic E-state index is -0.432. The van der Waals surface area contributed by atoms with Gasteiger partial charge in [0, 0.05) is 26.6 Å². The summed E-state index contributed by atoms with van der Waals surface area (Å²) in [4.78, 5) is 12.0. The largest absolute Gasteiger partial charge is 0.366 e. The zero-order valence-electron chi connectivity index (χ0n) is 9.93. The molecule has 17 heavy (non-hydrogen) atoms. The van der Waals surface area contributed by atoms with E-state index < -0.39 is 4.92 Å². The number of likely N-dealkylation sites (N-methyl/N-ethyl adjacent to an activating group) is 1. The molecule has 5 nitrogen and oxygen atoms in total. The third kappa shape index (κ3) is 3.14. The van der Waals surface area contributed by atoms with Crippen LogP contribution in [0.15, 0.2) is 24.8 Å². The molecule has 0 spiro atoms. The van der Waals surface area contributed by atoms with E-state index in [4.69, 9.17) is 5.41 Å². The van der Waals surface area contributed by atoms with E-state index in [0.29, 0.717) is 17.8 Å². The SMILES string of the molecule is C=Cc1cc(CC(=N)N(C)C)ccc1[N+](=O)[O-]. The van der Waals surface area contributed by atoms with E-state index in [1.54, 1.807) is 31.1 Å². The van der Waals surface area contributed by atoms with E-state index >= 15 is 0 Å². The predicted octanol–water partition coefficient (Wildman–Crippen LogP) is 2.32. The van der Waals surface area contributed by atoms with Crippen LogP contribution in [0, 0.1) is 15.5 Å². The van der Waals surface area contributed by atoms with Gasteiger partial charge in [0.2, 0.25) is 0 Å². The van der Waals surface area contributed by atoms with Crippen LogP contribution in [0.2, 0.25) is 0 Å². The summed E-state index contributed by atoms with van der Waals surface area (Å²) in [7, 11) is 3.59. The standard InChI is InChI=1S/C12H15N3O2/c1-4-10-7-9(8-12(13)14(2)3)5-6-11(10)15(16)17/h4-7,13H,1,8H2,2-3H3. The van der Waals surface area contributed by atoms with E-state index in [1.807, 2.05) is 0 Å². The number of nitro benzene ring substituents is 1. The third-order valence-corrected chi connectivity index (χ3v) is 2.42. The summed E-state index contributed by atoms with van der Waals surface area (Å²) in [5.41, 5.74) is 1.39. The fourth-order valence-electron chi connectivity index (χ4n) is 1.40. The van der Waals surface area contributed by atoms with Crippen molar-refractivity contribution in [2.24, 2.45) is 0 Å². The molecule has 1 rings (SSSR count). The number of nitrogens with one attached hydrogen (secondary N) is 1. The summed E-state index contributed by atoms with van der Waals surface area (Å²) in [6.45, 7) is 3.56. The Morgan fingerprint density at radius 2 is 2.24 bits per heavy atom. The first kappa shape index (κ1) is 12.9. The number of rotatable bonds is 4. The van der Waals surface area contributed by atoms with Crippen LogP contribution in [0.5, 0.6) is 0 Å². The quantitative estimate of drug-likeness (QED) is 0.375. The highest BCUT2D eigenvalue weighted by Crippen LogP contribution is 2.21. The van der Waals surface area contributed by atoms with Crippen LogP contribution >= 0.6 is 0 Å². The van der Waals surface area contributed by atoms with Crippen molar-refractivity contribution in [3.05, 3.63) is 46.0 Å². The molecule has 0 bridgehead atoms. The molecule has 0 fully saturated rings. The van der Waals surface area contributed by atoms with Crippen LogP contribution in [0.4, 0.5) is 5.69 Å². The highest BCUT2D eigenvalue weighted by atomic mass is 16.6. The Morgan fingerprint density at radius 3 is 2.71 bits per heavy atom. The summed E-state index contributed by atoms with van der Waals surface area (Å²) < 4.78 is 0. The number of hydrogen-bond donors (Lipinski definition) is 1. The first-order valence-electron chi connectivity index (χ1n) is 5.10. The summed E-state index contributed by atoms with van der Waals surface area (Å²) in [5.74, 6) is 0.453. The Balaban J connectivity index is 3.02. The van der Waals surface area contributed by atoms with Crippen molar-refractivity contribution in [2.45, 2.75) is 6.42 Å². The molecule has 0 aliphatic heterocycles. The van der Waals surface area contributed by atoms with Gasteiger partial charge in [-0.05, 0) is 11.6 Å². The van der Waals surface area contributed by atoms with Crippen molar-refractivity contribution in [1.29, 1.82) is 5.41 Å². The molecule has 0 radical (unpaired) electrons. The van der Waals surface area contributed by atoms with Gasteiger partial charge >= 0.3 is 0 Å². The maximum atomic E-state index is 10.7. The second kappa shape index (κ2) is 5.25. The molecule has 0 heterocycles. The number of amidine groups is 1. The number of hydrogen-bond acceptors (Lipinski definition) is 3. The van der Waals surface area contributed by atoms with Crippen molar-refractivity contribution < 1.29 is 4.92 Å². The Hall–Kier alpha value is -2.17. The van der Waals surface area contributed by atoms with Crippen molar-refractivity contribution >= 4 is 17.6 Å². The molecule has 90 valence electrons. The first-order chi connectivity index (χ1) is 7.95. The number of nitrogens with zero attached hydrogens (tertiary/aromatic N) is 2. The Labute approximate surface area is 100 Å². The second-order valence-corrected chi connectivity index (χ2v) is 3.87. The summed E-state index contributed by atoms with van der Waals surface area (Å²) in [6.07, 6.45) is 1.91. The van der Waals surface area contributed by atoms with E-state index in [1.165, 1.54) is 12.1 Å². The smallest absolute Gasteiger partial charge is 0.276 e. The fourth-order valence-corrected chi connectivity index (χ4v) is 1.40. The van der Waals surface area contributed by atoms with Crippen LogP contribution in [0.3, 0.4) is 0 Å². The van der Waals surface area contributed by atoms with E-state index in [9.17, 15) is 10.1 Å². The maximum absolute atomic E-state index is 10.7. The van der Waals surface area contributed by atoms with Crippen molar-refractivity contribution in [3.8, 4) is 0 Å². The lowest BCUT2D eigenvalue weighted by molar-refractivity contribution is -0.385. The lowest BCUT2D eigenvalue weighted by Crippen LogP contribution is -2.22. The molecule has 0 atom stereocenters. The summed E-state index contributed by atoms with van der Waals surface area (Å²) >= 11 is 0. The molecular formula is C12H15N3O2. The van der Waals surface area contributed by atoms with Gasteiger partial charge in [-0.15, -0.1) is 0 Å². The third-order valence-electron chi connectivity index (χ3n) is 2.42. The summed E-state index contributed by atoms with van der Waals surface area (Å²) in [6, 6.07) is 4.82. The molecule has 0 amide bonds. The van der Waals surface area contributed by atoms with Gasteiger partial charge in [-0.1, -0.05) is 18.7 Å². The van der Waals surface area contributed by atoms with Gasteiger partial charge in [-0.3, -0.25) is 15.5 Å². The highest BCUT2D eigenvalue weighted by Gasteiger charge is 2.12. The molecule has 1 N–H and O–H groups in total. The van der Waals surface area contributed by atoms with E-state index in [-0.39, 0.29) is 5.69 Å². The first-order valence-corrected chi connectivity index (χ1v) is 5.10. The van der Waals surface area contributed by atoms with Gasteiger partial charge in [0.25, 0.3) is 5.69 Å². The normalized spacial score (nSPS) is 9.76. The molecule has 5 heteroatoms. The topological polar surface area (TPSA) is 70.2 Å². The lowest BCUT2D eigenvalue weighted by atomic mass is 10.1. The minimum absolute atomic E-state index is 0.0418. The van der Waals surface area contributed by atoms with E-state index in [0.717, 1.165) is 5.56 Å². The molecule has 0 saturated carbocycles. The maximum Gasteiger partial charge on any atom is 0.276 e. The van der Waals surface area contributed by atoms with Crippen molar-refractivity contribution in [3.63, 3.8) is 0 Å². The molecule has 0 aromatic heterocycles. The number of benzene rings is 1. The van der Waals surface area contributed by atoms with Crippen LogP contribution in [0.25, 0.3) is 6.08 Å². The van der Waals surface area contributed by atoms with Gasteiger partial charge in [-0.2, -0.15) is 0 Å². The molecular weight excluding hydrogens is 218 g/mol. The predicted molar refractivity (Wildman–Crippen MR) is 68.3 cm³/mol. The Morgan fingerprint density at radius 1 is 1.59 bits per heavy atom. The second-order valence-electron chi connectivity index (χ2n) is 3.87. The highest BCUT2D eigenvalue weighted by molar-refractivity contribution is 5.81. The molecule has 1 aromatic carbocycles. The van der Waals surface area contributed by atoms with Crippen molar-refractivity contribution in [1.82, 2.24) is 4.90 Å². The van der Waals surface area contributed by atoms with E-state index in [2.05, 4.69) is 6.58 Å². The van der Waals surface area contributed by atoms with Gasteiger partial charge in [0.1, 0.15) is 0 Å². The van der Waals surface area contributed by atoms with Gasteiger partial charge in [-0.25, -0.2) is 0 Å². The molecule has 0 aliphatic carbocycles. The van der Waals surface area contributed by atoms with Gasteiger partial charge in [0.05, 0.1) is 16.3 Å². The Bertz CT molecular complexity index is 467. The molecule has 0 aliphatic rings.